The number of rotatable bonds is 6. The van der Waals surface area contributed by atoms with Crippen LogP contribution in [-0.2, 0) is 20.7 Å². The molecular formula is C20H20N2O6. The summed E-state index contributed by atoms with van der Waals surface area (Å²) in [4.78, 5) is 35.4. The Morgan fingerprint density at radius 2 is 1.71 bits per heavy atom. The zero-order valence-corrected chi connectivity index (χ0v) is 15.1. The lowest BCUT2D eigenvalue weighted by atomic mass is 10.1. The van der Waals surface area contributed by atoms with Crippen LogP contribution in [0.1, 0.15) is 12.0 Å². The third-order valence-electron chi connectivity index (χ3n) is 3.88. The fourth-order valence-corrected chi connectivity index (χ4v) is 2.56. The highest BCUT2D eigenvalue weighted by Gasteiger charge is 2.14. The van der Waals surface area contributed by atoms with Crippen LogP contribution in [0.3, 0.4) is 0 Å². The van der Waals surface area contributed by atoms with Crippen molar-refractivity contribution in [3.63, 3.8) is 0 Å². The number of imide groups is 1. The van der Waals surface area contributed by atoms with E-state index < -0.39 is 24.5 Å². The summed E-state index contributed by atoms with van der Waals surface area (Å²) in [5.41, 5.74) is 1.44. The van der Waals surface area contributed by atoms with Gasteiger partial charge in [-0.25, -0.2) is 4.79 Å². The Balaban J connectivity index is 1.38. The number of hydrogen-bond acceptors (Lipinski definition) is 6. The van der Waals surface area contributed by atoms with Gasteiger partial charge in [-0.05, 0) is 24.1 Å². The molecule has 0 spiro atoms. The molecule has 8 nitrogen and oxygen atoms in total. The summed E-state index contributed by atoms with van der Waals surface area (Å²) >= 11 is 0. The number of nitrogens with one attached hydrogen (secondary N) is 2. The molecule has 1 heterocycles. The predicted octanol–water partition coefficient (Wildman–Crippen LogP) is 2.28. The summed E-state index contributed by atoms with van der Waals surface area (Å²) in [5.74, 6) is -0.118. The largest absolute Gasteiger partial charge is 0.486 e. The summed E-state index contributed by atoms with van der Waals surface area (Å²) in [6.45, 7) is 0.373. The van der Waals surface area contributed by atoms with Crippen molar-refractivity contribution in [2.75, 3.05) is 25.1 Å². The Labute approximate surface area is 161 Å². The average molecular weight is 384 g/mol. The maximum atomic E-state index is 11.9. The van der Waals surface area contributed by atoms with Crippen LogP contribution in [0.4, 0.5) is 10.5 Å². The minimum atomic E-state index is -0.734. The number of aryl methyl sites for hydroxylation is 1. The summed E-state index contributed by atoms with van der Waals surface area (Å²) in [5, 5.41) is 4.61. The second-order valence-corrected chi connectivity index (χ2v) is 6.01. The zero-order chi connectivity index (χ0) is 19.8. The third kappa shape index (κ3) is 5.73. The summed E-state index contributed by atoms with van der Waals surface area (Å²) in [6.07, 6.45) is 0.673. The van der Waals surface area contributed by atoms with E-state index in [2.05, 4.69) is 10.6 Å². The van der Waals surface area contributed by atoms with Gasteiger partial charge in [0.2, 0.25) is 0 Å². The van der Waals surface area contributed by atoms with Gasteiger partial charge in [0.25, 0.3) is 5.91 Å². The number of carbonyl (C=O) groups excluding carboxylic acids is 3. The SMILES string of the molecule is O=C(COC(=O)CCc1ccccc1)NC(=O)Nc1ccc2c(c1)OCCO2. The van der Waals surface area contributed by atoms with Gasteiger partial charge in [-0.1, -0.05) is 30.3 Å². The molecule has 1 aliphatic rings. The Hall–Kier alpha value is -3.55. The number of urea groups is 1. The number of fused-ring (bicyclic) bond motifs is 1. The number of benzene rings is 2. The molecule has 0 radical (unpaired) electrons. The summed E-state index contributed by atoms with van der Waals surface area (Å²) in [6, 6.07) is 13.6. The van der Waals surface area contributed by atoms with E-state index in [4.69, 9.17) is 14.2 Å². The minimum Gasteiger partial charge on any atom is -0.486 e. The lowest BCUT2D eigenvalue weighted by Gasteiger charge is -2.19. The molecular weight excluding hydrogens is 364 g/mol. The van der Waals surface area contributed by atoms with Gasteiger partial charge in [0.1, 0.15) is 13.2 Å². The molecule has 0 saturated heterocycles. The zero-order valence-electron chi connectivity index (χ0n) is 15.1. The van der Waals surface area contributed by atoms with Crippen LogP contribution < -0.4 is 20.1 Å². The molecule has 8 heteroatoms. The number of anilines is 1. The van der Waals surface area contributed by atoms with Crippen molar-refractivity contribution in [1.82, 2.24) is 5.32 Å². The van der Waals surface area contributed by atoms with Crippen molar-refractivity contribution in [1.29, 1.82) is 0 Å². The van der Waals surface area contributed by atoms with Gasteiger partial charge in [0.05, 0.1) is 0 Å². The molecule has 2 aromatic carbocycles. The van der Waals surface area contributed by atoms with Crippen molar-refractivity contribution in [2.24, 2.45) is 0 Å². The van der Waals surface area contributed by atoms with Crippen LogP contribution in [0, 0.1) is 0 Å². The Bertz CT molecular complexity index is 853. The van der Waals surface area contributed by atoms with Gasteiger partial charge in [-0.3, -0.25) is 14.9 Å². The molecule has 0 aromatic heterocycles. The van der Waals surface area contributed by atoms with Gasteiger partial charge in [-0.15, -0.1) is 0 Å². The molecule has 0 atom stereocenters. The second-order valence-electron chi connectivity index (χ2n) is 6.01. The van der Waals surface area contributed by atoms with Gasteiger partial charge < -0.3 is 19.5 Å². The van der Waals surface area contributed by atoms with Gasteiger partial charge >= 0.3 is 12.0 Å². The monoisotopic (exact) mass is 384 g/mol. The summed E-state index contributed by atoms with van der Waals surface area (Å²) < 4.78 is 15.7. The fraction of sp³-hybridized carbons (Fsp3) is 0.250. The Kier molecular flexibility index (Phi) is 6.46. The highest BCUT2D eigenvalue weighted by atomic mass is 16.6. The average Bonchev–Trinajstić information content (AvgIpc) is 2.71. The summed E-state index contributed by atoms with van der Waals surface area (Å²) in [7, 11) is 0. The molecule has 146 valence electrons. The van der Waals surface area contributed by atoms with Crippen LogP contribution in [-0.4, -0.2) is 37.7 Å². The van der Waals surface area contributed by atoms with Crippen molar-refractivity contribution in [2.45, 2.75) is 12.8 Å². The maximum Gasteiger partial charge on any atom is 0.325 e. The van der Waals surface area contributed by atoms with E-state index in [-0.39, 0.29) is 6.42 Å². The van der Waals surface area contributed by atoms with E-state index in [1.807, 2.05) is 30.3 Å². The first-order valence-electron chi connectivity index (χ1n) is 8.80. The standard InChI is InChI=1S/C20H20N2O6/c23-18(13-28-19(24)9-6-14-4-2-1-3-5-14)22-20(25)21-15-7-8-16-17(12-15)27-11-10-26-16/h1-5,7-8,12H,6,9-11,13H2,(H2,21,22,23,25). The molecule has 28 heavy (non-hydrogen) atoms. The van der Waals surface area contributed by atoms with Crippen LogP contribution in [0.5, 0.6) is 11.5 Å². The molecule has 0 saturated carbocycles. The first-order valence-corrected chi connectivity index (χ1v) is 8.80. The van der Waals surface area contributed by atoms with Crippen LogP contribution >= 0.6 is 0 Å². The van der Waals surface area contributed by atoms with E-state index >= 15 is 0 Å². The van der Waals surface area contributed by atoms with Crippen molar-refractivity contribution in [3.05, 3.63) is 54.1 Å². The molecule has 0 bridgehead atoms. The predicted molar refractivity (Wildman–Crippen MR) is 100 cm³/mol. The molecule has 3 amide bonds. The lowest BCUT2D eigenvalue weighted by Crippen LogP contribution is -2.37. The van der Waals surface area contributed by atoms with Crippen LogP contribution in [0.15, 0.2) is 48.5 Å². The quantitative estimate of drug-likeness (QED) is 0.741. The molecule has 0 aliphatic carbocycles. The lowest BCUT2D eigenvalue weighted by molar-refractivity contribution is -0.148. The first kappa shape index (κ1) is 19.2. The van der Waals surface area contributed by atoms with Crippen LogP contribution in [0.25, 0.3) is 0 Å². The normalized spacial score (nSPS) is 12.0. The van der Waals surface area contributed by atoms with Crippen LogP contribution in [0.2, 0.25) is 0 Å². The molecule has 1 aliphatic heterocycles. The minimum absolute atomic E-state index is 0.153. The molecule has 0 fully saturated rings. The molecule has 3 rings (SSSR count). The number of ether oxygens (including phenoxy) is 3. The highest BCUT2D eigenvalue weighted by molar-refractivity contribution is 6.02. The fourth-order valence-electron chi connectivity index (χ4n) is 2.56. The van der Waals surface area contributed by atoms with Crippen molar-refractivity contribution in [3.8, 4) is 11.5 Å². The van der Waals surface area contributed by atoms with Gasteiger partial charge in [0.15, 0.2) is 18.1 Å². The molecule has 0 unspecified atom stereocenters. The van der Waals surface area contributed by atoms with E-state index in [0.717, 1.165) is 5.56 Å². The molecule has 2 N–H and O–H groups in total. The second kappa shape index (κ2) is 9.40. The van der Waals surface area contributed by atoms with E-state index in [0.29, 0.717) is 36.8 Å². The van der Waals surface area contributed by atoms with E-state index in [1.165, 1.54) is 0 Å². The number of carbonyl (C=O) groups is 3. The maximum absolute atomic E-state index is 11.9. The smallest absolute Gasteiger partial charge is 0.325 e. The Morgan fingerprint density at radius 1 is 0.964 bits per heavy atom. The Morgan fingerprint density at radius 3 is 2.50 bits per heavy atom. The number of esters is 1. The third-order valence-corrected chi connectivity index (χ3v) is 3.88. The number of amides is 3. The molecule has 2 aromatic rings. The van der Waals surface area contributed by atoms with Gasteiger partial charge in [0, 0.05) is 18.2 Å². The topological polar surface area (TPSA) is 103 Å². The van der Waals surface area contributed by atoms with Gasteiger partial charge in [-0.2, -0.15) is 0 Å². The van der Waals surface area contributed by atoms with Crippen molar-refractivity contribution >= 4 is 23.6 Å². The van der Waals surface area contributed by atoms with Crippen molar-refractivity contribution < 1.29 is 28.6 Å². The first-order chi connectivity index (χ1) is 13.6. The van der Waals surface area contributed by atoms with E-state index in [9.17, 15) is 14.4 Å². The number of hydrogen-bond donors (Lipinski definition) is 2. The highest BCUT2D eigenvalue weighted by Crippen LogP contribution is 2.32. The van der Waals surface area contributed by atoms with E-state index in [1.54, 1.807) is 18.2 Å².